The molecule has 0 amide bonds. The Labute approximate surface area is 421 Å². The van der Waals surface area contributed by atoms with Gasteiger partial charge in [-0.25, -0.2) is 4.57 Å². The first-order valence-electron chi connectivity index (χ1n) is 28.8. The second kappa shape index (κ2) is 45.5. The number of rotatable bonds is 50. The van der Waals surface area contributed by atoms with Gasteiger partial charge < -0.3 is 39.9 Å². The molecular formula is C55H107O13P. The smallest absolute Gasteiger partial charge is 0.462 e. The van der Waals surface area contributed by atoms with Gasteiger partial charge in [0.1, 0.15) is 43.2 Å². The normalized spacial score (nSPS) is 20.8. The summed E-state index contributed by atoms with van der Waals surface area (Å²) in [6.07, 6.45) is 37.2. The Morgan fingerprint density at radius 1 is 0.391 bits per heavy atom. The van der Waals surface area contributed by atoms with Crippen LogP contribution in [0.15, 0.2) is 0 Å². The van der Waals surface area contributed by atoms with Crippen molar-refractivity contribution in [3.05, 3.63) is 0 Å². The van der Waals surface area contributed by atoms with Crippen molar-refractivity contribution in [2.75, 3.05) is 13.2 Å². The van der Waals surface area contributed by atoms with E-state index in [9.17, 15) is 44.6 Å². The van der Waals surface area contributed by atoms with Crippen LogP contribution in [-0.4, -0.2) is 98.3 Å². The molecule has 0 radical (unpaired) electrons. The van der Waals surface area contributed by atoms with E-state index in [4.69, 9.17) is 18.5 Å². The molecule has 0 spiro atoms. The van der Waals surface area contributed by atoms with E-state index in [1.807, 2.05) is 0 Å². The summed E-state index contributed by atoms with van der Waals surface area (Å²) in [5, 5.41) is 50.4. The summed E-state index contributed by atoms with van der Waals surface area (Å²) in [7, 11) is -5.12. The fraction of sp³-hybridized carbons (Fsp3) is 0.964. The summed E-state index contributed by atoms with van der Waals surface area (Å²) in [4.78, 5) is 35.9. The molecule has 1 saturated carbocycles. The van der Waals surface area contributed by atoms with Crippen LogP contribution in [0.3, 0.4) is 0 Å². The van der Waals surface area contributed by atoms with Gasteiger partial charge in [0, 0.05) is 12.8 Å². The fourth-order valence-electron chi connectivity index (χ4n) is 9.35. The minimum absolute atomic E-state index is 0.106. The number of ether oxygens (including phenoxy) is 2. The Kier molecular flexibility index (Phi) is 43.4. The third-order valence-electron chi connectivity index (χ3n) is 13.9. The molecule has 0 heterocycles. The van der Waals surface area contributed by atoms with E-state index < -0.39 is 75.7 Å². The van der Waals surface area contributed by atoms with Gasteiger partial charge in [-0.2, -0.15) is 0 Å². The van der Waals surface area contributed by atoms with Gasteiger partial charge in [-0.05, 0) is 12.8 Å². The molecule has 6 N–H and O–H groups in total. The van der Waals surface area contributed by atoms with Gasteiger partial charge in [0.2, 0.25) is 0 Å². The number of aliphatic hydroxyl groups excluding tert-OH is 5. The SMILES string of the molecule is CCCCCCCCCCCCCCCCCCCCCCCCCC(=O)OC(COC(=O)CCCCCCCCCCCCCCCCCCC)COP(=O)(O)OC1C(O)C(O)C(O)C(O)C1O. The Bertz CT molecular complexity index is 1210. The van der Waals surface area contributed by atoms with Gasteiger partial charge in [-0.15, -0.1) is 0 Å². The van der Waals surface area contributed by atoms with E-state index in [0.717, 1.165) is 38.5 Å². The van der Waals surface area contributed by atoms with Crippen LogP contribution in [0.4, 0.5) is 0 Å². The lowest BCUT2D eigenvalue weighted by atomic mass is 9.85. The standard InChI is InChI=1S/C55H107O13P/c1-3-5-7-9-11-13-15-17-19-21-22-23-24-25-26-28-30-32-34-36-38-40-42-44-49(57)67-47(46-66-69(63,64)68-55-53(61)51(59)50(58)52(60)54(55)62)45-65-48(56)43-41-39-37-35-33-31-29-27-20-18-16-14-12-10-8-6-4-2/h47,50-55,58-62H,3-46H2,1-2H3,(H,63,64). The molecule has 0 saturated heterocycles. The molecule has 69 heavy (non-hydrogen) atoms. The minimum atomic E-state index is -5.12. The summed E-state index contributed by atoms with van der Waals surface area (Å²) < 4.78 is 33.8. The van der Waals surface area contributed by atoms with Crippen LogP contribution >= 0.6 is 7.82 Å². The highest BCUT2D eigenvalue weighted by molar-refractivity contribution is 7.47. The van der Waals surface area contributed by atoms with Crippen molar-refractivity contribution in [3.63, 3.8) is 0 Å². The second-order valence-corrected chi connectivity index (χ2v) is 21.9. The lowest BCUT2D eigenvalue weighted by Crippen LogP contribution is -2.64. The number of esters is 2. The van der Waals surface area contributed by atoms with Crippen LogP contribution in [-0.2, 0) is 32.7 Å². The van der Waals surface area contributed by atoms with Crippen LogP contribution in [0.1, 0.15) is 284 Å². The molecule has 0 aromatic carbocycles. The molecule has 6 unspecified atom stereocenters. The highest BCUT2D eigenvalue weighted by atomic mass is 31.2. The van der Waals surface area contributed by atoms with Crippen molar-refractivity contribution in [1.82, 2.24) is 0 Å². The molecule has 1 aliphatic rings. The van der Waals surface area contributed by atoms with Gasteiger partial charge in [0.15, 0.2) is 6.10 Å². The molecule has 0 bridgehead atoms. The number of aliphatic hydroxyl groups is 5. The van der Waals surface area contributed by atoms with Crippen molar-refractivity contribution >= 4 is 19.8 Å². The van der Waals surface area contributed by atoms with Crippen molar-refractivity contribution < 1.29 is 63.1 Å². The van der Waals surface area contributed by atoms with E-state index in [2.05, 4.69) is 13.8 Å². The maximum atomic E-state index is 12.9. The van der Waals surface area contributed by atoms with Gasteiger partial charge in [-0.1, -0.05) is 258 Å². The van der Waals surface area contributed by atoms with Gasteiger partial charge in [-0.3, -0.25) is 18.6 Å². The lowest BCUT2D eigenvalue weighted by molar-refractivity contribution is -0.220. The summed E-state index contributed by atoms with van der Waals surface area (Å²) in [5.41, 5.74) is 0. The highest BCUT2D eigenvalue weighted by Gasteiger charge is 2.51. The number of phosphoric acid groups is 1. The Morgan fingerprint density at radius 3 is 0.957 bits per heavy atom. The Balaban J connectivity index is 2.31. The molecule has 0 aromatic heterocycles. The van der Waals surface area contributed by atoms with Crippen LogP contribution < -0.4 is 0 Å². The van der Waals surface area contributed by atoms with Gasteiger partial charge >= 0.3 is 19.8 Å². The maximum absolute atomic E-state index is 12.9. The monoisotopic (exact) mass is 1010 g/mol. The Morgan fingerprint density at radius 2 is 0.652 bits per heavy atom. The molecule has 13 nitrogen and oxygen atoms in total. The molecule has 1 aliphatic carbocycles. The molecule has 1 rings (SSSR count). The summed E-state index contributed by atoms with van der Waals surface area (Å²) in [5.74, 6) is -1.08. The number of phosphoric ester groups is 1. The van der Waals surface area contributed by atoms with Crippen molar-refractivity contribution in [2.45, 2.75) is 326 Å². The minimum Gasteiger partial charge on any atom is -0.462 e. The quantitative estimate of drug-likeness (QED) is 0.0191. The third-order valence-corrected chi connectivity index (χ3v) is 14.9. The lowest BCUT2D eigenvalue weighted by Gasteiger charge is -2.41. The Hall–Kier alpha value is -1.15. The summed E-state index contributed by atoms with van der Waals surface area (Å²) in [6.45, 7) is 3.37. The predicted molar refractivity (Wildman–Crippen MR) is 277 cm³/mol. The summed E-state index contributed by atoms with van der Waals surface area (Å²) in [6, 6.07) is 0. The van der Waals surface area contributed by atoms with Crippen LogP contribution in [0.25, 0.3) is 0 Å². The van der Waals surface area contributed by atoms with Gasteiger partial charge in [0.25, 0.3) is 0 Å². The number of hydrogen-bond acceptors (Lipinski definition) is 12. The number of hydrogen-bond donors (Lipinski definition) is 6. The van der Waals surface area contributed by atoms with Crippen LogP contribution in [0.2, 0.25) is 0 Å². The molecule has 0 aliphatic heterocycles. The molecule has 1 fully saturated rings. The molecule has 0 aromatic rings. The average molecular weight is 1010 g/mol. The number of unbranched alkanes of at least 4 members (excludes halogenated alkanes) is 38. The average Bonchev–Trinajstić information content (AvgIpc) is 3.33. The van der Waals surface area contributed by atoms with Gasteiger partial charge in [0.05, 0.1) is 6.61 Å². The number of carbonyl (C=O) groups is 2. The first-order valence-corrected chi connectivity index (χ1v) is 30.3. The zero-order chi connectivity index (χ0) is 50.6. The maximum Gasteiger partial charge on any atom is 0.472 e. The molecule has 14 heteroatoms. The molecular weight excluding hydrogens is 900 g/mol. The van der Waals surface area contributed by atoms with E-state index in [1.54, 1.807) is 0 Å². The summed E-state index contributed by atoms with van der Waals surface area (Å²) >= 11 is 0. The fourth-order valence-corrected chi connectivity index (χ4v) is 10.3. The zero-order valence-corrected chi connectivity index (χ0v) is 45.0. The first kappa shape index (κ1) is 65.9. The predicted octanol–water partition coefficient (Wildman–Crippen LogP) is 13.2. The second-order valence-electron chi connectivity index (χ2n) is 20.5. The highest BCUT2D eigenvalue weighted by Crippen LogP contribution is 2.47. The third kappa shape index (κ3) is 37.3. The molecule has 6 atom stereocenters. The largest absolute Gasteiger partial charge is 0.472 e. The van der Waals surface area contributed by atoms with Crippen molar-refractivity contribution in [2.24, 2.45) is 0 Å². The van der Waals surface area contributed by atoms with Crippen LogP contribution in [0.5, 0.6) is 0 Å². The van der Waals surface area contributed by atoms with E-state index in [-0.39, 0.29) is 12.8 Å². The van der Waals surface area contributed by atoms with Crippen molar-refractivity contribution in [3.8, 4) is 0 Å². The number of carbonyl (C=O) groups excluding carboxylic acids is 2. The molecule has 410 valence electrons. The van der Waals surface area contributed by atoms with E-state index >= 15 is 0 Å². The van der Waals surface area contributed by atoms with E-state index in [0.29, 0.717) is 12.8 Å². The topological polar surface area (TPSA) is 210 Å². The van der Waals surface area contributed by atoms with Crippen molar-refractivity contribution in [1.29, 1.82) is 0 Å². The zero-order valence-electron chi connectivity index (χ0n) is 44.1. The van der Waals surface area contributed by atoms with Crippen LogP contribution in [0, 0.1) is 0 Å². The first-order chi connectivity index (χ1) is 33.4. The van der Waals surface area contributed by atoms with E-state index in [1.165, 1.54) is 205 Å².